The molecule has 0 spiro atoms. The maximum atomic E-state index is 11.2. The molecule has 1 aromatic heterocycles. The van der Waals surface area contributed by atoms with E-state index in [4.69, 9.17) is 10.2 Å². The van der Waals surface area contributed by atoms with Crippen LogP contribution < -0.4 is 5.73 Å². The third-order valence-electron chi connectivity index (χ3n) is 3.40. The summed E-state index contributed by atoms with van der Waals surface area (Å²) in [5.74, 6) is -0.134. The van der Waals surface area contributed by atoms with E-state index in [1.165, 1.54) is 30.0 Å². The molecular weight excluding hydrogens is 424 g/mol. The lowest BCUT2D eigenvalue weighted by molar-refractivity contribution is -0.385. The minimum absolute atomic E-state index is 0.0835. The molecule has 0 unspecified atom stereocenters. The number of halogens is 1. The van der Waals surface area contributed by atoms with Gasteiger partial charge in [-0.1, -0.05) is 39.8 Å². The van der Waals surface area contributed by atoms with Gasteiger partial charge in [-0.3, -0.25) is 14.9 Å². The van der Waals surface area contributed by atoms with Gasteiger partial charge in [-0.2, -0.15) is 0 Å². The minimum Gasteiger partial charge on any atom is -0.411 e. The molecule has 0 saturated carbocycles. The zero-order valence-corrected chi connectivity index (χ0v) is 15.5. The third-order valence-corrected chi connectivity index (χ3v) is 4.76. The average molecular weight is 435 g/mol. The van der Waals surface area contributed by atoms with E-state index in [1.54, 1.807) is 0 Å². The molecule has 8 nitrogen and oxygen atoms in total. The molecule has 3 rings (SSSR count). The van der Waals surface area contributed by atoms with Crippen molar-refractivity contribution in [3.05, 3.63) is 68.2 Å². The Labute approximate surface area is 160 Å². The fourth-order valence-electron chi connectivity index (χ4n) is 2.15. The maximum Gasteiger partial charge on any atom is 0.277 e. The van der Waals surface area contributed by atoms with Crippen LogP contribution in [-0.2, 0) is 5.75 Å². The molecule has 26 heavy (non-hydrogen) atoms. The van der Waals surface area contributed by atoms with E-state index in [-0.39, 0.29) is 22.2 Å². The van der Waals surface area contributed by atoms with E-state index in [9.17, 15) is 14.9 Å². The Hall–Kier alpha value is -2.72. The van der Waals surface area contributed by atoms with E-state index in [0.717, 1.165) is 10.0 Å². The molecule has 1 heterocycles. The Balaban J connectivity index is 1.77. The van der Waals surface area contributed by atoms with Crippen molar-refractivity contribution in [2.45, 2.75) is 11.0 Å². The second kappa shape index (κ2) is 7.67. The number of thioether (sulfide) groups is 1. The molecule has 0 aliphatic carbocycles. The lowest BCUT2D eigenvalue weighted by Crippen LogP contribution is -2.11. The summed E-state index contributed by atoms with van der Waals surface area (Å²) < 4.78 is 6.47. The SMILES string of the molecule is NC(=O)c1ccc(CSc2nnc(-c3cccc(Br)c3)o2)c([N+](=O)[O-])c1. The molecule has 0 aliphatic heterocycles. The molecule has 0 saturated heterocycles. The van der Waals surface area contributed by atoms with Crippen LogP contribution in [0.4, 0.5) is 5.69 Å². The number of hydrogen-bond acceptors (Lipinski definition) is 7. The number of carbonyl (C=O) groups excluding carboxylic acids is 1. The van der Waals surface area contributed by atoms with Crippen LogP contribution in [0.5, 0.6) is 0 Å². The molecule has 10 heteroatoms. The summed E-state index contributed by atoms with van der Waals surface area (Å²) in [6.45, 7) is 0. The predicted molar refractivity (Wildman–Crippen MR) is 98.6 cm³/mol. The van der Waals surface area contributed by atoms with Crippen LogP contribution in [0.15, 0.2) is 56.6 Å². The summed E-state index contributed by atoms with van der Waals surface area (Å²) >= 11 is 4.54. The topological polar surface area (TPSA) is 125 Å². The smallest absolute Gasteiger partial charge is 0.277 e. The Bertz CT molecular complexity index is 992. The first kappa shape index (κ1) is 18.1. The summed E-state index contributed by atoms with van der Waals surface area (Å²) in [5.41, 5.74) is 6.25. The first-order valence-corrected chi connectivity index (χ1v) is 9.01. The molecule has 0 bridgehead atoms. The Morgan fingerprint density at radius 2 is 2.08 bits per heavy atom. The number of rotatable bonds is 6. The molecule has 2 aromatic carbocycles. The number of hydrogen-bond donors (Lipinski definition) is 1. The van der Waals surface area contributed by atoms with Gasteiger partial charge in [0.15, 0.2) is 0 Å². The van der Waals surface area contributed by atoms with Crippen molar-refractivity contribution in [3.63, 3.8) is 0 Å². The number of nitro groups is 1. The van der Waals surface area contributed by atoms with Gasteiger partial charge < -0.3 is 10.2 Å². The molecule has 0 aliphatic rings. The van der Waals surface area contributed by atoms with Crippen molar-refractivity contribution < 1.29 is 14.1 Å². The van der Waals surface area contributed by atoms with Crippen molar-refractivity contribution >= 4 is 39.3 Å². The molecule has 0 atom stereocenters. The van der Waals surface area contributed by atoms with Gasteiger partial charge in [0.2, 0.25) is 11.8 Å². The normalized spacial score (nSPS) is 10.7. The molecule has 2 N–H and O–H groups in total. The van der Waals surface area contributed by atoms with E-state index in [2.05, 4.69) is 26.1 Å². The van der Waals surface area contributed by atoms with Gasteiger partial charge in [-0.05, 0) is 24.3 Å². The van der Waals surface area contributed by atoms with Crippen LogP contribution in [0.1, 0.15) is 15.9 Å². The van der Waals surface area contributed by atoms with Crippen LogP contribution in [0, 0.1) is 10.1 Å². The second-order valence-electron chi connectivity index (χ2n) is 5.14. The Kier molecular flexibility index (Phi) is 5.33. The zero-order chi connectivity index (χ0) is 18.7. The van der Waals surface area contributed by atoms with Gasteiger partial charge in [-0.15, -0.1) is 10.2 Å². The van der Waals surface area contributed by atoms with Gasteiger partial charge in [0, 0.05) is 33.0 Å². The van der Waals surface area contributed by atoms with Crippen molar-refractivity contribution in [2.75, 3.05) is 0 Å². The van der Waals surface area contributed by atoms with Crippen molar-refractivity contribution in [1.29, 1.82) is 0 Å². The van der Waals surface area contributed by atoms with Crippen molar-refractivity contribution in [1.82, 2.24) is 10.2 Å². The number of primary amides is 1. The largest absolute Gasteiger partial charge is 0.411 e. The molecule has 132 valence electrons. The fraction of sp³-hybridized carbons (Fsp3) is 0.0625. The van der Waals surface area contributed by atoms with Gasteiger partial charge in [-0.25, -0.2) is 0 Å². The Morgan fingerprint density at radius 3 is 2.77 bits per heavy atom. The summed E-state index contributed by atoms with van der Waals surface area (Å²) in [5, 5.41) is 19.4. The highest BCUT2D eigenvalue weighted by molar-refractivity contribution is 9.10. The molecule has 0 fully saturated rings. The van der Waals surface area contributed by atoms with Gasteiger partial charge in [0.1, 0.15) is 0 Å². The van der Waals surface area contributed by atoms with Crippen molar-refractivity contribution in [3.8, 4) is 11.5 Å². The fourth-order valence-corrected chi connectivity index (χ4v) is 3.31. The molecule has 1 amide bonds. The second-order valence-corrected chi connectivity index (χ2v) is 6.98. The third kappa shape index (κ3) is 4.09. The van der Waals surface area contributed by atoms with Crippen LogP contribution in [0.25, 0.3) is 11.5 Å². The van der Waals surface area contributed by atoms with Crippen LogP contribution in [0.2, 0.25) is 0 Å². The number of nitrogens with two attached hydrogens (primary N) is 1. The average Bonchev–Trinajstić information content (AvgIpc) is 3.08. The monoisotopic (exact) mass is 434 g/mol. The highest BCUT2D eigenvalue weighted by atomic mass is 79.9. The lowest BCUT2D eigenvalue weighted by atomic mass is 10.1. The number of amides is 1. The standard InChI is InChI=1S/C16H11BrN4O4S/c17-12-3-1-2-10(6-12)15-19-20-16(25-15)26-8-11-5-4-9(14(18)22)7-13(11)21(23)24/h1-7H,8H2,(H2,18,22). The highest BCUT2D eigenvalue weighted by Crippen LogP contribution is 2.30. The quantitative estimate of drug-likeness (QED) is 0.355. The highest BCUT2D eigenvalue weighted by Gasteiger charge is 2.18. The lowest BCUT2D eigenvalue weighted by Gasteiger charge is -2.03. The number of benzene rings is 2. The first-order valence-electron chi connectivity index (χ1n) is 7.23. The Morgan fingerprint density at radius 1 is 1.27 bits per heavy atom. The van der Waals surface area contributed by atoms with E-state index in [0.29, 0.717) is 11.5 Å². The molecular formula is C16H11BrN4O4S. The number of nitro benzene ring substituents is 1. The van der Waals surface area contributed by atoms with Gasteiger partial charge >= 0.3 is 0 Å². The van der Waals surface area contributed by atoms with Crippen molar-refractivity contribution in [2.24, 2.45) is 5.73 Å². The minimum atomic E-state index is -0.720. The summed E-state index contributed by atoms with van der Waals surface area (Å²) in [4.78, 5) is 21.9. The number of carbonyl (C=O) groups is 1. The van der Waals surface area contributed by atoms with Crippen LogP contribution in [0.3, 0.4) is 0 Å². The number of nitrogens with zero attached hydrogens (tertiary/aromatic N) is 3. The van der Waals surface area contributed by atoms with E-state index >= 15 is 0 Å². The van der Waals surface area contributed by atoms with Gasteiger partial charge in [0.25, 0.3) is 10.9 Å². The summed E-state index contributed by atoms with van der Waals surface area (Å²) in [6, 6.07) is 11.5. The van der Waals surface area contributed by atoms with Crippen LogP contribution >= 0.6 is 27.7 Å². The first-order chi connectivity index (χ1) is 12.4. The predicted octanol–water partition coefficient (Wildman–Crippen LogP) is 3.80. The molecule has 3 aromatic rings. The van der Waals surface area contributed by atoms with Crippen LogP contribution in [-0.4, -0.2) is 21.0 Å². The summed E-state index contributed by atoms with van der Waals surface area (Å²) in [6.07, 6.45) is 0. The van der Waals surface area contributed by atoms with E-state index in [1.807, 2.05) is 24.3 Å². The maximum absolute atomic E-state index is 11.2. The van der Waals surface area contributed by atoms with E-state index < -0.39 is 10.8 Å². The zero-order valence-electron chi connectivity index (χ0n) is 13.1. The van der Waals surface area contributed by atoms with Gasteiger partial charge in [0.05, 0.1) is 4.92 Å². The summed E-state index contributed by atoms with van der Waals surface area (Å²) in [7, 11) is 0. The number of aromatic nitrogens is 2. The molecule has 0 radical (unpaired) electrons.